The van der Waals surface area contributed by atoms with Crippen molar-refractivity contribution in [1.82, 2.24) is 0 Å². The molecule has 0 amide bonds. The van der Waals surface area contributed by atoms with Gasteiger partial charge >= 0.3 is 263 Å². The molecule has 18 nitrogen and oxygen atoms in total. The van der Waals surface area contributed by atoms with Gasteiger partial charge < -0.3 is 0 Å². The summed E-state index contributed by atoms with van der Waals surface area (Å²) in [6, 6.07) is 0. The second kappa shape index (κ2) is 11.3. The molecule has 0 fully saturated rings. The molecule has 0 bridgehead atoms. The van der Waals surface area contributed by atoms with Crippen LogP contribution in [0.1, 0.15) is 0 Å². The van der Waals surface area contributed by atoms with Crippen molar-refractivity contribution in [2.75, 3.05) is 0 Å². The number of nitrogens with zero attached hydrogens (tertiary/aromatic N) is 18. The molecule has 41 heavy (non-hydrogen) atoms. The molecule has 0 aromatic heterocycles. The Morgan fingerprint density at radius 3 is 0.244 bits per heavy atom. The molecule has 0 saturated carbocycles. The van der Waals surface area contributed by atoms with Crippen LogP contribution in [0.3, 0.4) is 0 Å². The molecule has 23 heteroatoms. The van der Waals surface area contributed by atoms with Gasteiger partial charge in [-0.15, -0.1) is 0 Å². The predicted octanol–water partition coefficient (Wildman–Crippen LogP) is -2.70. The van der Waals surface area contributed by atoms with E-state index in [2.05, 4.69) is 0 Å². The van der Waals surface area contributed by atoms with Crippen LogP contribution >= 0.6 is 0 Å². The van der Waals surface area contributed by atoms with Gasteiger partial charge in [0.05, 0.1) is 0 Å². The number of hydrogen-bond donors (Lipinski definition) is 0. The van der Waals surface area contributed by atoms with Crippen molar-refractivity contribution in [2.45, 2.75) is 0 Å². The molecule has 0 N–H and O–H groups in total. The van der Waals surface area contributed by atoms with E-state index in [1.807, 2.05) is 0 Å². The number of hydrogen-bond acceptors (Lipinski definition) is 18. The molecule has 0 heterocycles. The summed E-state index contributed by atoms with van der Waals surface area (Å²) < 4.78 is 0. The summed E-state index contributed by atoms with van der Waals surface area (Å²) in [5.41, 5.74) is 0. The first-order valence-electron chi connectivity index (χ1n) is 7.43. The Morgan fingerprint density at radius 1 is 0.195 bits per heavy atom. The predicted molar refractivity (Wildman–Crippen MR) is 101 cm³/mol. The van der Waals surface area contributed by atoms with E-state index in [1.54, 1.807) is 0 Å². The van der Waals surface area contributed by atoms with Crippen molar-refractivity contribution < 1.29 is 78.8 Å². The van der Waals surface area contributed by atoms with Crippen molar-refractivity contribution in [2.24, 2.45) is 0 Å². The number of nitriles is 18. The minimum Gasteiger partial charge on any atom is 1.00 e. The van der Waals surface area contributed by atoms with E-state index in [1.165, 1.54) is 0 Å². The van der Waals surface area contributed by atoms with Gasteiger partial charge in [0.2, 0.25) is 0 Å². The maximum absolute atomic E-state index is 8.58. The molecular formula is C18Mn4N18Na. The quantitative estimate of drug-likeness (QED) is 0.231. The van der Waals surface area contributed by atoms with Crippen LogP contribution in [0.4, 0.5) is 0 Å². The normalized spacial score (nSPS) is 12.7. The third kappa shape index (κ3) is 4.90. The molecule has 0 aromatic rings. The average molecular weight is 711 g/mol. The Balaban J connectivity index is -0.000000154. The van der Waals surface area contributed by atoms with Crippen LogP contribution in [-0.4, -0.2) is 0 Å². The monoisotopic (exact) mass is 711 g/mol. The van der Waals surface area contributed by atoms with Gasteiger partial charge in [-0.3, -0.25) is 0 Å². The Kier molecular flexibility index (Phi) is 12.4. The van der Waals surface area contributed by atoms with E-state index in [0.29, 0.717) is 0 Å². The first-order valence-corrected chi connectivity index (χ1v) is 18.1. The SMILES string of the molecule is N#[C][Mn-]([C]#N)([C]#N)([C]#N)([C]#N)[C]#N.N#[C][Mn-]([C]#N)([C]#N)([C]#N)([C]#N)[C]#N.N#[C][Mn-]([C]#N)([C]#N)([C]#N)([C]#N)[C]#N.[Mn+2].[Na+]. The molecule has 0 aliphatic rings. The number of rotatable bonds is 0. The van der Waals surface area contributed by atoms with Crippen molar-refractivity contribution >= 4 is 0 Å². The van der Waals surface area contributed by atoms with Crippen LogP contribution in [0.25, 0.3) is 0 Å². The van der Waals surface area contributed by atoms with Crippen LogP contribution < -0.4 is 29.6 Å². The first kappa shape index (κ1) is 44.9. The fraction of sp³-hybridized carbons (Fsp3) is 0. The van der Waals surface area contributed by atoms with Gasteiger partial charge in [0.15, 0.2) is 0 Å². The Bertz CT molecular complexity index is 1410. The summed E-state index contributed by atoms with van der Waals surface area (Å²) in [5, 5.41) is 155. The molecule has 0 spiro atoms. The molecule has 0 aliphatic carbocycles. The maximum atomic E-state index is 8.58. The summed E-state index contributed by atoms with van der Waals surface area (Å²) in [7, 11) is -18.9. The summed E-state index contributed by atoms with van der Waals surface area (Å²) in [5.74, 6) is 0. The summed E-state index contributed by atoms with van der Waals surface area (Å²) in [4.78, 5) is 18.7. The van der Waals surface area contributed by atoms with Gasteiger partial charge in [0, 0.05) is 0 Å². The van der Waals surface area contributed by atoms with Crippen molar-refractivity contribution in [1.29, 1.82) is 94.7 Å². The molecule has 191 valence electrons. The van der Waals surface area contributed by atoms with Crippen LogP contribution in [0.5, 0.6) is 0 Å². The topological polar surface area (TPSA) is 428 Å². The van der Waals surface area contributed by atoms with Gasteiger partial charge in [0.25, 0.3) is 0 Å². The standard InChI is InChI=1S/18CN.4Mn.Na/c18*1-2;;;;;/q;;;;;;;;;;;;;;;;;;3*-1;+2;+1. The Hall–Kier alpha value is -6.10. The van der Waals surface area contributed by atoms with Gasteiger partial charge in [-0.1, -0.05) is 0 Å². The van der Waals surface area contributed by atoms with Gasteiger partial charge in [-0.2, -0.15) is 0 Å². The zero-order valence-electron chi connectivity index (χ0n) is 19.6. The molecule has 0 atom stereocenters. The van der Waals surface area contributed by atoms with Gasteiger partial charge in [-0.05, 0) is 0 Å². The van der Waals surface area contributed by atoms with E-state index in [-0.39, 0.29) is 46.6 Å². The van der Waals surface area contributed by atoms with Crippen molar-refractivity contribution in [3.8, 4) is 89.4 Å². The van der Waals surface area contributed by atoms with E-state index in [0.717, 1.165) is 89.4 Å². The molecule has 0 unspecified atom stereocenters. The average Bonchev–Trinajstić information content (AvgIpc) is 3.06. The minimum atomic E-state index is -6.30. The Labute approximate surface area is 260 Å². The largest absolute Gasteiger partial charge is 2.00 e. The summed E-state index contributed by atoms with van der Waals surface area (Å²) in [6.45, 7) is 0. The molecular weight excluding hydrogens is 711 g/mol. The molecule has 0 aromatic carbocycles. The minimum absolute atomic E-state index is 0. The molecule has 1 radical (unpaired) electrons. The second-order valence-electron chi connectivity index (χ2n) is 5.77. The van der Waals surface area contributed by atoms with Crippen molar-refractivity contribution in [3.05, 3.63) is 0 Å². The third-order valence-electron chi connectivity index (χ3n) is 3.80. The molecule has 0 saturated heterocycles. The molecule has 0 rings (SSSR count). The first-order chi connectivity index (χ1) is 17.9. The second-order valence-corrected chi connectivity index (χ2v) is 23.8. The van der Waals surface area contributed by atoms with E-state index < -0.39 is 32.2 Å². The third-order valence-corrected chi connectivity index (χ3v) is 15.7. The van der Waals surface area contributed by atoms with Crippen LogP contribution in [0.15, 0.2) is 0 Å². The molecule has 0 aliphatic heterocycles. The van der Waals surface area contributed by atoms with Crippen LogP contribution in [-0.2, 0) is 49.3 Å². The van der Waals surface area contributed by atoms with Gasteiger partial charge in [0.1, 0.15) is 0 Å². The fourth-order valence-electron chi connectivity index (χ4n) is 0.850. The zero-order valence-corrected chi connectivity index (χ0v) is 26.3. The van der Waals surface area contributed by atoms with E-state index >= 15 is 0 Å². The Morgan fingerprint density at radius 2 is 0.244 bits per heavy atom. The summed E-state index contributed by atoms with van der Waals surface area (Å²) in [6.07, 6.45) is 0. The van der Waals surface area contributed by atoms with Crippen LogP contribution in [0, 0.1) is 184 Å². The van der Waals surface area contributed by atoms with Crippen LogP contribution in [0.2, 0.25) is 0 Å². The van der Waals surface area contributed by atoms with Crippen molar-refractivity contribution in [3.63, 3.8) is 0 Å². The van der Waals surface area contributed by atoms with E-state index in [4.69, 9.17) is 94.7 Å². The smallest absolute Gasteiger partial charge is 1.00 e. The maximum Gasteiger partial charge on any atom is 2.00 e. The zero-order chi connectivity index (χ0) is 32.0. The van der Waals surface area contributed by atoms with E-state index in [9.17, 15) is 0 Å². The summed E-state index contributed by atoms with van der Waals surface area (Å²) >= 11 is 0. The fourth-order valence-corrected chi connectivity index (χ4v) is 3.51. The van der Waals surface area contributed by atoms with Gasteiger partial charge in [-0.25, -0.2) is 0 Å².